The summed E-state index contributed by atoms with van der Waals surface area (Å²) in [4.78, 5) is 4.07. The van der Waals surface area contributed by atoms with E-state index >= 15 is 0 Å². The molecule has 5 fully saturated rings. The van der Waals surface area contributed by atoms with Crippen LogP contribution in [0, 0.1) is 0 Å². The zero-order chi connectivity index (χ0) is 54.2. The van der Waals surface area contributed by atoms with Gasteiger partial charge in [0.05, 0.1) is 45.7 Å². The molecule has 0 aliphatic carbocycles. The van der Waals surface area contributed by atoms with Gasteiger partial charge >= 0.3 is 0 Å². The Morgan fingerprint density at radius 1 is 0.438 bits per heavy atom. The van der Waals surface area contributed by atoms with E-state index in [0.717, 1.165) is 0 Å². The van der Waals surface area contributed by atoms with E-state index in [0.29, 0.717) is 0 Å². The Labute approximate surface area is 413 Å². The molecule has 0 aromatic carbocycles. The van der Waals surface area contributed by atoms with E-state index in [1.54, 1.807) is 0 Å². The molecule has 5 heterocycles. The van der Waals surface area contributed by atoms with Gasteiger partial charge < -0.3 is 154 Å². The number of aliphatic hydroxyl groups is 20. The van der Waals surface area contributed by atoms with E-state index in [-0.39, 0.29) is 19.6 Å². The lowest BCUT2D eigenvalue weighted by Gasteiger charge is -2.44. The highest BCUT2D eigenvalue weighted by molar-refractivity contribution is 4.96. The molecule has 20 N–H and O–H groups in total. The molecular weight excluding hydrogens is 1000 g/mol. The van der Waals surface area contributed by atoms with Crippen molar-refractivity contribution in [3.8, 4) is 0 Å². The van der Waals surface area contributed by atoms with Gasteiger partial charge in [-0.3, -0.25) is 0 Å². The monoisotopic (exact) mass is 1070 g/mol. The third-order valence-corrected chi connectivity index (χ3v) is 12.9. The standard InChI is InChI=1S/C39H70N4O30/c1-43(3-2-41-42-40)4-11(45)18(47)19(48)12(46)6-64-35-31(60)26(55)21(50)14(70-35)8-66-37-33(62)28(57)23(52)16(72-37)10-68-39-34(63)29(58)24(53)17(73-39)9-67-38-32(61)27(56)22(51)15(71-38)7-65-36-30(59)25(54)20(49)13(5-44)69-36/h11-39,44-63H,2-10H2,1H3/t11?,12-,13-,14-,15-,16-,17-,18-,19-,20-,21-,22-,23-,24-,25+,26+,27+,28+,29+,30-,31-,32-,33-,34-,35?,36-,37-,38-,39-/m1/s1. The van der Waals surface area contributed by atoms with Gasteiger partial charge in [-0.2, -0.15) is 0 Å². The topological polar surface area (TPSA) is 549 Å². The first-order chi connectivity index (χ1) is 34.4. The van der Waals surface area contributed by atoms with E-state index in [4.69, 9.17) is 52.9 Å². The minimum Gasteiger partial charge on any atom is -0.394 e. The van der Waals surface area contributed by atoms with Crippen LogP contribution in [0.1, 0.15) is 0 Å². The van der Waals surface area contributed by atoms with Crippen molar-refractivity contribution in [3.05, 3.63) is 10.4 Å². The summed E-state index contributed by atoms with van der Waals surface area (Å²) in [5, 5.41) is 212. The number of ether oxygens (including phenoxy) is 10. The van der Waals surface area contributed by atoms with Crippen LogP contribution in [0.2, 0.25) is 0 Å². The number of hydrogen-bond acceptors (Lipinski definition) is 32. The molecule has 426 valence electrons. The number of azide groups is 1. The maximum atomic E-state index is 10.8. The van der Waals surface area contributed by atoms with Gasteiger partial charge in [0.25, 0.3) is 0 Å². The second-order valence-electron chi connectivity index (χ2n) is 18.3. The molecule has 0 bridgehead atoms. The molecule has 5 aliphatic rings. The summed E-state index contributed by atoms with van der Waals surface area (Å²) >= 11 is 0. The molecule has 0 amide bonds. The van der Waals surface area contributed by atoms with Gasteiger partial charge in [0.1, 0.15) is 140 Å². The summed E-state index contributed by atoms with van der Waals surface area (Å²) in [6, 6.07) is 0. The molecule has 34 heteroatoms. The first-order valence-electron chi connectivity index (χ1n) is 23.0. The minimum atomic E-state index is -2.03. The molecule has 5 rings (SSSR count). The molecule has 0 aromatic rings. The number of rotatable bonds is 24. The fraction of sp³-hybridized carbons (Fsp3) is 1.00. The average Bonchev–Trinajstić information content (AvgIpc) is 3.37. The number of nitrogens with zero attached hydrogens (tertiary/aromatic N) is 4. The molecule has 29 atom stereocenters. The fourth-order valence-corrected chi connectivity index (χ4v) is 8.26. The summed E-state index contributed by atoms with van der Waals surface area (Å²) in [7, 11) is 1.52. The summed E-state index contributed by atoms with van der Waals surface area (Å²) in [6.07, 6.45) is -53.3. The quantitative estimate of drug-likeness (QED) is 0.0242. The average molecular weight is 1070 g/mol. The van der Waals surface area contributed by atoms with Crippen molar-refractivity contribution in [2.75, 3.05) is 66.3 Å². The van der Waals surface area contributed by atoms with Crippen molar-refractivity contribution in [2.45, 2.75) is 178 Å². The molecule has 5 aliphatic heterocycles. The van der Waals surface area contributed by atoms with Crippen molar-refractivity contribution in [3.63, 3.8) is 0 Å². The summed E-state index contributed by atoms with van der Waals surface area (Å²) in [5.74, 6) is 0. The summed E-state index contributed by atoms with van der Waals surface area (Å²) in [5.41, 5.74) is 8.41. The molecule has 0 saturated carbocycles. The van der Waals surface area contributed by atoms with Crippen LogP contribution in [0.3, 0.4) is 0 Å². The molecule has 0 aromatic heterocycles. The third kappa shape index (κ3) is 15.2. The number of hydrogen-bond donors (Lipinski definition) is 20. The van der Waals surface area contributed by atoms with Crippen molar-refractivity contribution in [1.82, 2.24) is 4.90 Å². The predicted octanol–water partition coefficient (Wildman–Crippen LogP) is -13.2. The highest BCUT2D eigenvalue weighted by atomic mass is 16.8. The SMILES string of the molecule is CN(CCN=[N+]=[N-])CC(O)[C@@H](O)[C@H](O)[C@H](O)COC1O[C@H](CO[C@@H]2O[C@H](CO[C@@H]3O[C@H](CO[C@@H]4O[C@H](CO[C@@H]5O[C@H](CO)[C@@H](O)[C@H](O)[C@H]5O)[C@@H](O)[C@H](O)[C@H]4O)[C@@H](O)[C@H](O)[C@H]3O)[C@@H](O)[C@H](O)[C@H]2O)[C@@H](O)[C@H](O)[C@H]1O. The van der Waals surface area contributed by atoms with Crippen molar-refractivity contribution < 1.29 is 149 Å². The normalized spacial score (nSPS) is 45.3. The number of likely N-dealkylation sites (N-methyl/N-ethyl adjacent to an activating group) is 1. The van der Waals surface area contributed by atoms with Gasteiger partial charge in [-0.25, -0.2) is 0 Å². The lowest BCUT2D eigenvalue weighted by atomic mass is 9.97. The van der Waals surface area contributed by atoms with E-state index in [2.05, 4.69) is 10.0 Å². The summed E-state index contributed by atoms with van der Waals surface area (Å²) in [6.45, 7) is -4.74. The second kappa shape index (κ2) is 28.1. The predicted molar refractivity (Wildman–Crippen MR) is 226 cm³/mol. The summed E-state index contributed by atoms with van der Waals surface area (Å²) < 4.78 is 54.7. The fourth-order valence-electron chi connectivity index (χ4n) is 8.26. The highest BCUT2D eigenvalue weighted by Crippen LogP contribution is 2.31. The largest absolute Gasteiger partial charge is 0.394 e. The Morgan fingerprint density at radius 3 is 1.04 bits per heavy atom. The van der Waals surface area contributed by atoms with E-state index in [1.807, 2.05) is 0 Å². The van der Waals surface area contributed by atoms with Gasteiger partial charge in [0, 0.05) is 24.5 Å². The lowest BCUT2D eigenvalue weighted by molar-refractivity contribution is -0.351. The van der Waals surface area contributed by atoms with Crippen LogP contribution in [0.5, 0.6) is 0 Å². The van der Waals surface area contributed by atoms with Gasteiger partial charge in [0.15, 0.2) is 31.5 Å². The molecule has 34 nitrogen and oxygen atoms in total. The van der Waals surface area contributed by atoms with Crippen LogP contribution >= 0.6 is 0 Å². The number of aliphatic hydroxyl groups excluding tert-OH is 20. The Balaban J connectivity index is 1.12. The molecule has 0 radical (unpaired) electrons. The van der Waals surface area contributed by atoms with Gasteiger partial charge in [0.2, 0.25) is 0 Å². The molecule has 73 heavy (non-hydrogen) atoms. The zero-order valence-corrected chi connectivity index (χ0v) is 38.9. The zero-order valence-electron chi connectivity index (χ0n) is 38.9. The molecule has 0 spiro atoms. The van der Waals surface area contributed by atoms with Gasteiger partial charge in [-0.05, 0) is 12.6 Å². The highest BCUT2D eigenvalue weighted by Gasteiger charge is 2.52. The second-order valence-corrected chi connectivity index (χ2v) is 18.3. The van der Waals surface area contributed by atoms with Gasteiger partial charge in [-0.1, -0.05) is 5.11 Å². The van der Waals surface area contributed by atoms with Gasteiger partial charge in [-0.15, -0.1) is 0 Å². The van der Waals surface area contributed by atoms with Crippen LogP contribution < -0.4 is 0 Å². The van der Waals surface area contributed by atoms with Crippen LogP contribution in [0.15, 0.2) is 5.11 Å². The van der Waals surface area contributed by atoms with Crippen LogP contribution in [-0.2, 0) is 47.4 Å². The Hall–Kier alpha value is -1.93. The first kappa shape index (κ1) is 61.9. The smallest absolute Gasteiger partial charge is 0.186 e. The molecular formula is C39H70N4O30. The molecule has 5 saturated heterocycles. The van der Waals surface area contributed by atoms with E-state index < -0.39 is 218 Å². The van der Waals surface area contributed by atoms with Crippen LogP contribution in [0.25, 0.3) is 10.4 Å². The minimum absolute atomic E-state index is 0.0454. The molecule has 2 unspecified atom stereocenters. The Kier molecular flexibility index (Phi) is 23.8. The van der Waals surface area contributed by atoms with E-state index in [9.17, 15) is 102 Å². The van der Waals surface area contributed by atoms with Crippen molar-refractivity contribution >= 4 is 0 Å². The Morgan fingerprint density at radius 2 is 0.726 bits per heavy atom. The van der Waals surface area contributed by atoms with Crippen LogP contribution in [0.4, 0.5) is 0 Å². The van der Waals surface area contributed by atoms with Crippen molar-refractivity contribution in [2.24, 2.45) is 5.11 Å². The van der Waals surface area contributed by atoms with Crippen LogP contribution in [-0.4, -0.2) is 351 Å². The van der Waals surface area contributed by atoms with Crippen molar-refractivity contribution in [1.29, 1.82) is 0 Å². The lowest BCUT2D eigenvalue weighted by Crippen LogP contribution is -2.63. The Bertz CT molecular complexity index is 1690. The first-order valence-corrected chi connectivity index (χ1v) is 23.0. The third-order valence-electron chi connectivity index (χ3n) is 12.9. The van der Waals surface area contributed by atoms with E-state index in [1.165, 1.54) is 11.9 Å². The maximum absolute atomic E-state index is 10.8. The maximum Gasteiger partial charge on any atom is 0.186 e.